The third kappa shape index (κ3) is 4.43. The average Bonchev–Trinajstić information content (AvgIpc) is 2.49. The quantitative estimate of drug-likeness (QED) is 0.902. The lowest BCUT2D eigenvalue weighted by molar-refractivity contribution is 0.0822. The van der Waals surface area contributed by atoms with Crippen molar-refractivity contribution in [2.45, 2.75) is 32.2 Å². The standard InChI is InChI=1S/C16H26N4O/c1-4-9-20-10-6-13(7-11-20)18-14-5-8-17-15(12-14)16(21)19(2)3/h5,8,12-13H,4,6-7,9-11H2,1-3H3,(H,17,18). The van der Waals surface area contributed by atoms with Gasteiger partial charge in [-0.2, -0.15) is 0 Å². The lowest BCUT2D eigenvalue weighted by Crippen LogP contribution is -2.39. The largest absolute Gasteiger partial charge is 0.382 e. The van der Waals surface area contributed by atoms with Gasteiger partial charge < -0.3 is 15.1 Å². The topological polar surface area (TPSA) is 48.5 Å². The van der Waals surface area contributed by atoms with Crippen LogP contribution in [0.4, 0.5) is 5.69 Å². The van der Waals surface area contributed by atoms with E-state index in [0.29, 0.717) is 11.7 Å². The van der Waals surface area contributed by atoms with Crippen molar-refractivity contribution in [3.8, 4) is 0 Å². The van der Waals surface area contributed by atoms with Gasteiger partial charge in [0.1, 0.15) is 5.69 Å². The summed E-state index contributed by atoms with van der Waals surface area (Å²) in [5.41, 5.74) is 1.48. The first kappa shape index (κ1) is 15.8. The molecule has 1 aliphatic heterocycles. The van der Waals surface area contributed by atoms with Crippen LogP contribution in [0, 0.1) is 0 Å². The third-order valence-corrected chi connectivity index (χ3v) is 3.88. The first-order chi connectivity index (χ1) is 10.1. The summed E-state index contributed by atoms with van der Waals surface area (Å²) in [6.45, 7) is 5.73. The van der Waals surface area contributed by atoms with Gasteiger partial charge in [0.15, 0.2) is 0 Å². The van der Waals surface area contributed by atoms with Gasteiger partial charge in [-0.3, -0.25) is 9.78 Å². The maximum Gasteiger partial charge on any atom is 0.272 e. The van der Waals surface area contributed by atoms with Crippen molar-refractivity contribution in [2.75, 3.05) is 39.0 Å². The van der Waals surface area contributed by atoms with E-state index in [1.807, 2.05) is 12.1 Å². The van der Waals surface area contributed by atoms with E-state index in [1.165, 1.54) is 13.0 Å². The van der Waals surface area contributed by atoms with Crippen molar-refractivity contribution in [2.24, 2.45) is 0 Å². The van der Waals surface area contributed by atoms with E-state index >= 15 is 0 Å². The number of hydrogen-bond acceptors (Lipinski definition) is 4. The van der Waals surface area contributed by atoms with Gasteiger partial charge in [-0.05, 0) is 37.9 Å². The molecule has 2 heterocycles. The van der Waals surface area contributed by atoms with Crippen LogP contribution in [0.3, 0.4) is 0 Å². The molecule has 1 amide bonds. The zero-order chi connectivity index (χ0) is 15.2. The van der Waals surface area contributed by atoms with Gasteiger partial charge >= 0.3 is 0 Å². The van der Waals surface area contributed by atoms with Crippen molar-refractivity contribution in [1.82, 2.24) is 14.8 Å². The number of carbonyl (C=O) groups is 1. The fourth-order valence-electron chi connectivity index (χ4n) is 2.72. The molecule has 1 fully saturated rings. The first-order valence-electron chi connectivity index (χ1n) is 7.76. The molecule has 0 unspecified atom stereocenters. The van der Waals surface area contributed by atoms with E-state index in [4.69, 9.17) is 0 Å². The number of hydrogen-bond donors (Lipinski definition) is 1. The van der Waals surface area contributed by atoms with Crippen molar-refractivity contribution in [3.05, 3.63) is 24.0 Å². The number of piperidine rings is 1. The number of carbonyl (C=O) groups excluding carboxylic acids is 1. The number of anilines is 1. The maximum absolute atomic E-state index is 11.9. The molecular formula is C16H26N4O. The Morgan fingerprint density at radius 3 is 2.76 bits per heavy atom. The van der Waals surface area contributed by atoms with E-state index in [1.54, 1.807) is 25.2 Å². The molecule has 0 bridgehead atoms. The minimum Gasteiger partial charge on any atom is -0.382 e. The van der Waals surface area contributed by atoms with E-state index in [9.17, 15) is 4.79 Å². The fourth-order valence-corrected chi connectivity index (χ4v) is 2.72. The monoisotopic (exact) mass is 290 g/mol. The summed E-state index contributed by atoms with van der Waals surface area (Å²) >= 11 is 0. The molecule has 5 nitrogen and oxygen atoms in total. The van der Waals surface area contributed by atoms with Gasteiger partial charge in [-0.25, -0.2) is 0 Å². The molecule has 1 aromatic rings. The second-order valence-corrected chi connectivity index (χ2v) is 5.89. The first-order valence-corrected chi connectivity index (χ1v) is 7.76. The van der Waals surface area contributed by atoms with Crippen molar-refractivity contribution >= 4 is 11.6 Å². The molecule has 1 aromatic heterocycles. The molecule has 2 rings (SSSR count). The van der Waals surface area contributed by atoms with Gasteiger partial charge in [-0.1, -0.05) is 6.92 Å². The molecule has 0 atom stereocenters. The summed E-state index contributed by atoms with van der Waals surface area (Å²) in [6.07, 6.45) is 5.22. The Morgan fingerprint density at radius 2 is 2.14 bits per heavy atom. The van der Waals surface area contributed by atoms with Crippen LogP contribution in [0.25, 0.3) is 0 Å². The Hall–Kier alpha value is -1.62. The molecule has 0 spiro atoms. The van der Waals surface area contributed by atoms with Crippen LogP contribution in [0.1, 0.15) is 36.7 Å². The maximum atomic E-state index is 11.9. The molecule has 5 heteroatoms. The predicted molar refractivity (Wildman–Crippen MR) is 85.6 cm³/mol. The van der Waals surface area contributed by atoms with Gasteiger partial charge in [0.2, 0.25) is 0 Å². The number of pyridine rings is 1. The van der Waals surface area contributed by atoms with Gasteiger partial charge in [0.25, 0.3) is 5.91 Å². The summed E-state index contributed by atoms with van der Waals surface area (Å²) in [4.78, 5) is 20.2. The third-order valence-electron chi connectivity index (χ3n) is 3.88. The van der Waals surface area contributed by atoms with E-state index in [0.717, 1.165) is 31.6 Å². The Bertz CT molecular complexity index is 467. The summed E-state index contributed by atoms with van der Waals surface area (Å²) < 4.78 is 0. The molecule has 0 radical (unpaired) electrons. The Morgan fingerprint density at radius 1 is 1.43 bits per heavy atom. The van der Waals surface area contributed by atoms with Crippen LogP contribution < -0.4 is 5.32 Å². The minimum absolute atomic E-state index is 0.0589. The van der Waals surface area contributed by atoms with E-state index in [2.05, 4.69) is 22.1 Å². The molecule has 0 aromatic carbocycles. The summed E-state index contributed by atoms with van der Waals surface area (Å²) in [5, 5.41) is 3.54. The molecular weight excluding hydrogens is 264 g/mol. The Labute approximate surface area is 127 Å². The van der Waals surface area contributed by atoms with Crippen LogP contribution in [0.15, 0.2) is 18.3 Å². The van der Waals surface area contributed by atoms with Crippen LogP contribution in [-0.4, -0.2) is 60.5 Å². The molecule has 1 aliphatic rings. The molecule has 1 N–H and O–H groups in total. The predicted octanol–water partition coefficient (Wildman–Crippen LogP) is 2.07. The minimum atomic E-state index is -0.0589. The highest BCUT2D eigenvalue weighted by Crippen LogP contribution is 2.17. The number of amides is 1. The molecule has 1 saturated heterocycles. The van der Waals surface area contributed by atoms with Gasteiger partial charge in [-0.15, -0.1) is 0 Å². The van der Waals surface area contributed by atoms with Crippen LogP contribution in [0.2, 0.25) is 0 Å². The summed E-state index contributed by atoms with van der Waals surface area (Å²) in [5.74, 6) is -0.0589. The van der Waals surface area contributed by atoms with Gasteiger partial charge in [0, 0.05) is 45.1 Å². The highest BCUT2D eigenvalue weighted by molar-refractivity contribution is 5.92. The highest BCUT2D eigenvalue weighted by Gasteiger charge is 2.18. The number of rotatable bonds is 5. The molecule has 21 heavy (non-hydrogen) atoms. The lowest BCUT2D eigenvalue weighted by atomic mass is 10.0. The number of likely N-dealkylation sites (tertiary alicyclic amines) is 1. The molecule has 116 valence electrons. The molecule has 0 saturated carbocycles. The SMILES string of the molecule is CCCN1CCC(Nc2ccnc(C(=O)N(C)C)c2)CC1. The number of nitrogens with one attached hydrogen (secondary N) is 1. The van der Waals surface area contributed by atoms with Crippen molar-refractivity contribution in [1.29, 1.82) is 0 Å². The zero-order valence-corrected chi connectivity index (χ0v) is 13.3. The lowest BCUT2D eigenvalue weighted by Gasteiger charge is -2.32. The molecule has 0 aliphatic carbocycles. The summed E-state index contributed by atoms with van der Waals surface area (Å²) in [6, 6.07) is 4.27. The number of aromatic nitrogens is 1. The van der Waals surface area contributed by atoms with Crippen LogP contribution in [0.5, 0.6) is 0 Å². The van der Waals surface area contributed by atoms with Crippen LogP contribution in [-0.2, 0) is 0 Å². The zero-order valence-electron chi connectivity index (χ0n) is 13.3. The normalized spacial score (nSPS) is 16.7. The van der Waals surface area contributed by atoms with E-state index < -0.39 is 0 Å². The van der Waals surface area contributed by atoms with Crippen LogP contribution >= 0.6 is 0 Å². The summed E-state index contributed by atoms with van der Waals surface area (Å²) in [7, 11) is 3.49. The Kier molecular flexibility index (Phi) is 5.56. The van der Waals surface area contributed by atoms with E-state index in [-0.39, 0.29) is 5.91 Å². The van der Waals surface area contributed by atoms with Crippen molar-refractivity contribution in [3.63, 3.8) is 0 Å². The van der Waals surface area contributed by atoms with Crippen molar-refractivity contribution < 1.29 is 4.79 Å². The Balaban J connectivity index is 1.92. The second kappa shape index (κ2) is 7.41. The number of nitrogens with zero attached hydrogens (tertiary/aromatic N) is 3. The second-order valence-electron chi connectivity index (χ2n) is 5.89. The van der Waals surface area contributed by atoms with Gasteiger partial charge in [0.05, 0.1) is 0 Å². The fraction of sp³-hybridized carbons (Fsp3) is 0.625. The highest BCUT2D eigenvalue weighted by atomic mass is 16.2. The smallest absolute Gasteiger partial charge is 0.272 e. The average molecular weight is 290 g/mol.